The van der Waals surface area contributed by atoms with E-state index in [2.05, 4.69) is 61.0 Å². The molecular formula is C15H12I2N4O3. The van der Waals surface area contributed by atoms with Gasteiger partial charge in [0.1, 0.15) is 0 Å². The van der Waals surface area contributed by atoms with Gasteiger partial charge in [-0.25, -0.2) is 5.43 Å². The summed E-state index contributed by atoms with van der Waals surface area (Å²) in [6.45, 7) is 0. The first-order valence-corrected chi connectivity index (χ1v) is 8.82. The first kappa shape index (κ1) is 18.6. The molecule has 0 aliphatic carbocycles. The van der Waals surface area contributed by atoms with Gasteiger partial charge in [0.2, 0.25) is 0 Å². The lowest BCUT2D eigenvalue weighted by Crippen LogP contribution is -2.17. The van der Waals surface area contributed by atoms with Crippen LogP contribution >= 0.6 is 45.2 Å². The van der Waals surface area contributed by atoms with Crippen molar-refractivity contribution in [3.63, 3.8) is 0 Å². The predicted molar refractivity (Wildman–Crippen MR) is 110 cm³/mol. The number of amides is 1. The van der Waals surface area contributed by atoms with E-state index in [-0.39, 0.29) is 11.3 Å². The number of non-ortho nitro benzene ring substituents is 1. The number of halogens is 2. The Morgan fingerprint density at radius 3 is 2.50 bits per heavy atom. The second-order valence-corrected chi connectivity index (χ2v) is 6.94. The zero-order valence-electron chi connectivity index (χ0n) is 12.4. The van der Waals surface area contributed by atoms with Crippen LogP contribution in [0.2, 0.25) is 0 Å². The first-order valence-electron chi connectivity index (χ1n) is 6.67. The number of rotatable bonds is 5. The van der Waals surface area contributed by atoms with Gasteiger partial charge in [-0.15, -0.1) is 0 Å². The third-order valence-electron chi connectivity index (χ3n) is 3.01. The number of nitrogens with zero attached hydrogens (tertiary/aromatic N) is 2. The van der Waals surface area contributed by atoms with Crippen LogP contribution in [0, 0.1) is 17.3 Å². The van der Waals surface area contributed by atoms with Gasteiger partial charge in [-0.2, -0.15) is 5.10 Å². The molecule has 0 saturated carbocycles. The number of hydrazone groups is 1. The van der Waals surface area contributed by atoms with Crippen molar-refractivity contribution < 1.29 is 9.72 Å². The maximum atomic E-state index is 12.0. The van der Waals surface area contributed by atoms with Gasteiger partial charge in [-0.05, 0) is 68.9 Å². The van der Waals surface area contributed by atoms with Crippen LogP contribution in [0.3, 0.4) is 0 Å². The Balaban J connectivity index is 2.10. The van der Waals surface area contributed by atoms with Gasteiger partial charge in [0, 0.05) is 31.9 Å². The van der Waals surface area contributed by atoms with Gasteiger partial charge in [-0.3, -0.25) is 14.9 Å². The van der Waals surface area contributed by atoms with Crippen LogP contribution in [0.25, 0.3) is 0 Å². The molecule has 0 aliphatic heterocycles. The molecule has 0 aliphatic rings. The lowest BCUT2D eigenvalue weighted by molar-refractivity contribution is -0.384. The average Bonchev–Trinajstić information content (AvgIpc) is 2.54. The number of anilines is 1. The second-order valence-electron chi connectivity index (χ2n) is 4.62. The Labute approximate surface area is 165 Å². The van der Waals surface area contributed by atoms with Gasteiger partial charge in [-0.1, -0.05) is 6.07 Å². The number of benzene rings is 2. The summed E-state index contributed by atoms with van der Waals surface area (Å²) in [5, 5.41) is 17.8. The molecule has 2 aromatic carbocycles. The quantitative estimate of drug-likeness (QED) is 0.258. The number of nitro groups is 1. The number of carbonyl (C=O) groups is 1. The second kappa shape index (κ2) is 8.37. The van der Waals surface area contributed by atoms with E-state index in [0.29, 0.717) is 0 Å². The smallest absolute Gasteiger partial charge is 0.271 e. The minimum atomic E-state index is -0.548. The number of nitro benzene ring substituents is 1. The molecule has 2 rings (SSSR count). The molecule has 0 spiro atoms. The van der Waals surface area contributed by atoms with Gasteiger partial charge in [0.05, 0.1) is 16.8 Å². The summed E-state index contributed by atoms with van der Waals surface area (Å²) in [7, 11) is 1.85. The van der Waals surface area contributed by atoms with Crippen LogP contribution in [0.1, 0.15) is 15.9 Å². The Hall–Kier alpha value is -1.76. The Bertz CT molecular complexity index is 801. The van der Waals surface area contributed by atoms with E-state index < -0.39 is 10.8 Å². The molecule has 0 atom stereocenters. The van der Waals surface area contributed by atoms with Crippen molar-refractivity contribution >= 4 is 68.7 Å². The molecule has 0 bridgehead atoms. The van der Waals surface area contributed by atoms with Crippen molar-refractivity contribution in [1.29, 1.82) is 0 Å². The summed E-state index contributed by atoms with van der Waals surface area (Å²) in [5.74, 6) is -0.508. The van der Waals surface area contributed by atoms with Crippen molar-refractivity contribution in [3.8, 4) is 0 Å². The molecule has 1 amide bonds. The topological polar surface area (TPSA) is 96.6 Å². The number of hydrogen-bond donors (Lipinski definition) is 2. The summed E-state index contributed by atoms with van der Waals surface area (Å²) in [5.41, 5.74) is 4.28. The number of carbonyl (C=O) groups excluding carboxylic acids is 1. The molecule has 0 aromatic heterocycles. The molecule has 0 unspecified atom stereocenters. The SMILES string of the molecule is CNc1c(I)cc(/C=N\NC(=O)c2cccc([N+](=O)[O-])c2)cc1I. The fourth-order valence-corrected chi connectivity index (χ4v) is 4.25. The van der Waals surface area contributed by atoms with E-state index >= 15 is 0 Å². The van der Waals surface area contributed by atoms with Gasteiger partial charge in [0.15, 0.2) is 0 Å². The Morgan fingerprint density at radius 2 is 1.92 bits per heavy atom. The molecule has 9 heteroatoms. The molecular weight excluding hydrogens is 538 g/mol. The van der Waals surface area contributed by atoms with Gasteiger partial charge < -0.3 is 5.32 Å². The summed E-state index contributed by atoms with van der Waals surface area (Å²) in [4.78, 5) is 22.2. The van der Waals surface area contributed by atoms with Crippen molar-refractivity contribution in [2.24, 2.45) is 5.10 Å². The Kier molecular flexibility index (Phi) is 6.48. The predicted octanol–water partition coefficient (Wildman–Crippen LogP) is 3.61. The normalized spacial score (nSPS) is 10.6. The lowest BCUT2D eigenvalue weighted by Gasteiger charge is -2.07. The highest BCUT2D eigenvalue weighted by molar-refractivity contribution is 14.1. The summed E-state index contributed by atoms with van der Waals surface area (Å²) < 4.78 is 2.07. The van der Waals surface area contributed by atoms with E-state index in [4.69, 9.17) is 0 Å². The monoisotopic (exact) mass is 550 g/mol. The van der Waals surface area contributed by atoms with Crippen LogP contribution in [-0.4, -0.2) is 24.1 Å². The van der Waals surface area contributed by atoms with E-state index in [0.717, 1.165) is 18.4 Å². The summed E-state index contributed by atoms with van der Waals surface area (Å²) in [6, 6.07) is 9.34. The summed E-state index contributed by atoms with van der Waals surface area (Å²) >= 11 is 4.43. The largest absolute Gasteiger partial charge is 0.386 e. The highest BCUT2D eigenvalue weighted by Crippen LogP contribution is 2.25. The molecule has 0 saturated heterocycles. The van der Waals surface area contributed by atoms with E-state index in [1.165, 1.54) is 30.5 Å². The van der Waals surface area contributed by atoms with Gasteiger partial charge >= 0.3 is 0 Å². The maximum Gasteiger partial charge on any atom is 0.271 e. The van der Waals surface area contributed by atoms with Gasteiger partial charge in [0.25, 0.3) is 11.6 Å². The van der Waals surface area contributed by atoms with Crippen molar-refractivity contribution in [2.45, 2.75) is 0 Å². The summed E-state index contributed by atoms with van der Waals surface area (Å²) in [6.07, 6.45) is 1.53. The van der Waals surface area contributed by atoms with Crippen molar-refractivity contribution in [2.75, 3.05) is 12.4 Å². The zero-order valence-corrected chi connectivity index (χ0v) is 16.7. The molecule has 0 fully saturated rings. The third-order valence-corrected chi connectivity index (χ3v) is 4.71. The fourth-order valence-electron chi connectivity index (χ4n) is 1.90. The van der Waals surface area contributed by atoms with Crippen molar-refractivity contribution in [3.05, 3.63) is 64.8 Å². The molecule has 0 radical (unpaired) electrons. The minimum Gasteiger partial charge on any atom is -0.386 e. The molecule has 124 valence electrons. The molecule has 0 heterocycles. The molecule has 24 heavy (non-hydrogen) atoms. The molecule has 2 aromatic rings. The van der Waals surface area contributed by atoms with Crippen LogP contribution < -0.4 is 10.7 Å². The highest BCUT2D eigenvalue weighted by Gasteiger charge is 2.10. The third kappa shape index (κ3) is 4.63. The fraction of sp³-hybridized carbons (Fsp3) is 0.0667. The van der Waals surface area contributed by atoms with E-state index in [9.17, 15) is 14.9 Å². The zero-order chi connectivity index (χ0) is 17.7. The first-order chi connectivity index (χ1) is 11.4. The van der Waals surface area contributed by atoms with Crippen molar-refractivity contribution in [1.82, 2.24) is 5.43 Å². The number of nitrogens with one attached hydrogen (secondary N) is 2. The van der Waals surface area contributed by atoms with Crippen LogP contribution in [0.15, 0.2) is 41.5 Å². The minimum absolute atomic E-state index is 0.140. The van der Waals surface area contributed by atoms with E-state index in [1.807, 2.05) is 19.2 Å². The highest BCUT2D eigenvalue weighted by atomic mass is 127. The Morgan fingerprint density at radius 1 is 1.25 bits per heavy atom. The van der Waals surface area contributed by atoms with Crippen LogP contribution in [-0.2, 0) is 0 Å². The average molecular weight is 550 g/mol. The van der Waals surface area contributed by atoms with Crippen LogP contribution in [0.4, 0.5) is 11.4 Å². The lowest BCUT2D eigenvalue weighted by atomic mass is 10.2. The number of hydrogen-bond acceptors (Lipinski definition) is 5. The van der Waals surface area contributed by atoms with Crippen LogP contribution in [0.5, 0.6) is 0 Å². The van der Waals surface area contributed by atoms with E-state index in [1.54, 1.807) is 0 Å². The molecule has 7 nitrogen and oxygen atoms in total. The maximum absolute atomic E-state index is 12.0. The molecule has 2 N–H and O–H groups in total. The standard InChI is InChI=1S/C15H12I2N4O3/c1-18-14-12(16)5-9(6-13(14)17)8-19-20-15(22)10-3-2-4-11(7-10)21(23)24/h2-8,18H,1H3,(H,20,22)/b19-8-.